The monoisotopic (exact) mass is 409 g/mol. The summed E-state index contributed by atoms with van der Waals surface area (Å²) in [6, 6.07) is 9.73. The Morgan fingerprint density at radius 1 is 0.933 bits per heavy atom. The van der Waals surface area contributed by atoms with Crippen molar-refractivity contribution in [2.75, 3.05) is 26.3 Å². The fourth-order valence-electron chi connectivity index (χ4n) is 4.31. The second-order valence-corrected chi connectivity index (χ2v) is 7.94. The number of ether oxygens (including phenoxy) is 2. The highest BCUT2D eigenvalue weighted by molar-refractivity contribution is 5.90. The zero-order chi connectivity index (χ0) is 20.8. The Morgan fingerprint density at radius 2 is 1.67 bits per heavy atom. The number of para-hydroxylation sites is 1. The van der Waals surface area contributed by atoms with Crippen molar-refractivity contribution in [2.24, 2.45) is 5.41 Å². The lowest BCUT2D eigenvalue weighted by Gasteiger charge is -2.40. The molecule has 1 saturated heterocycles. The maximum atomic E-state index is 13.0. The van der Waals surface area contributed by atoms with Crippen molar-refractivity contribution in [1.29, 1.82) is 0 Å². The van der Waals surface area contributed by atoms with Crippen LogP contribution >= 0.6 is 0 Å². The van der Waals surface area contributed by atoms with Crippen LogP contribution in [0.3, 0.4) is 0 Å². The van der Waals surface area contributed by atoms with Gasteiger partial charge in [0.1, 0.15) is 19.0 Å². The molecule has 1 spiro atoms. The molecule has 3 heterocycles. The van der Waals surface area contributed by atoms with Crippen LogP contribution in [-0.2, 0) is 16.0 Å². The van der Waals surface area contributed by atoms with Gasteiger partial charge in [0.2, 0.25) is 5.82 Å². The number of aryl methyl sites for hydroxylation is 1. The van der Waals surface area contributed by atoms with Crippen molar-refractivity contribution in [3.8, 4) is 5.75 Å². The molecule has 2 aliphatic rings. The number of aromatic nitrogens is 2. The molecule has 7 heteroatoms. The Labute approximate surface area is 176 Å². The molecule has 1 aromatic heterocycles. The van der Waals surface area contributed by atoms with Crippen LogP contribution in [0.5, 0.6) is 5.75 Å². The molecule has 0 saturated carbocycles. The van der Waals surface area contributed by atoms with Crippen molar-refractivity contribution >= 4 is 11.9 Å². The highest BCUT2D eigenvalue weighted by atomic mass is 16.6. The number of likely N-dealkylation sites (tertiary alicyclic amines) is 1. The first-order valence-corrected chi connectivity index (χ1v) is 10.6. The number of benzene rings is 1. The van der Waals surface area contributed by atoms with Crippen LogP contribution in [0.15, 0.2) is 42.7 Å². The van der Waals surface area contributed by atoms with Gasteiger partial charge in [-0.25, -0.2) is 9.97 Å². The smallest absolute Gasteiger partial charge is 0.312 e. The van der Waals surface area contributed by atoms with Gasteiger partial charge in [0.15, 0.2) is 0 Å². The SMILES string of the molecule is O=C(c1ncccn1)N1CCC2(CCCCc3ccccc3OCCOC2=O)CC1. The molecule has 0 bridgehead atoms. The van der Waals surface area contributed by atoms with Gasteiger partial charge in [-0.2, -0.15) is 0 Å². The lowest BCUT2D eigenvalue weighted by Crippen LogP contribution is -2.47. The van der Waals surface area contributed by atoms with E-state index in [4.69, 9.17) is 9.47 Å². The van der Waals surface area contributed by atoms with E-state index in [1.807, 2.05) is 18.2 Å². The van der Waals surface area contributed by atoms with Gasteiger partial charge in [0.25, 0.3) is 5.91 Å². The fraction of sp³-hybridized carbons (Fsp3) is 0.478. The van der Waals surface area contributed by atoms with Gasteiger partial charge in [-0.05, 0) is 49.8 Å². The van der Waals surface area contributed by atoms with E-state index in [-0.39, 0.29) is 24.3 Å². The van der Waals surface area contributed by atoms with E-state index >= 15 is 0 Å². The lowest BCUT2D eigenvalue weighted by molar-refractivity contribution is -0.160. The Kier molecular flexibility index (Phi) is 6.26. The van der Waals surface area contributed by atoms with Crippen molar-refractivity contribution in [3.05, 3.63) is 54.1 Å². The summed E-state index contributed by atoms with van der Waals surface area (Å²) in [7, 11) is 0. The van der Waals surface area contributed by atoms with Crippen LogP contribution in [0.2, 0.25) is 0 Å². The van der Waals surface area contributed by atoms with E-state index in [1.54, 1.807) is 23.4 Å². The number of carbonyl (C=O) groups is 2. The predicted molar refractivity (Wildman–Crippen MR) is 110 cm³/mol. The number of fused-ring (bicyclic) bond motifs is 1. The van der Waals surface area contributed by atoms with Crippen molar-refractivity contribution in [3.63, 3.8) is 0 Å². The van der Waals surface area contributed by atoms with Crippen molar-refractivity contribution in [2.45, 2.75) is 38.5 Å². The van der Waals surface area contributed by atoms with E-state index in [9.17, 15) is 9.59 Å². The highest BCUT2D eigenvalue weighted by Crippen LogP contribution is 2.39. The van der Waals surface area contributed by atoms with Gasteiger partial charge >= 0.3 is 5.97 Å². The Balaban J connectivity index is 1.42. The van der Waals surface area contributed by atoms with Gasteiger partial charge in [0, 0.05) is 25.5 Å². The second kappa shape index (κ2) is 9.24. The molecule has 1 amide bonds. The molecule has 1 fully saturated rings. The van der Waals surface area contributed by atoms with Crippen molar-refractivity contribution in [1.82, 2.24) is 14.9 Å². The number of esters is 1. The molecule has 0 atom stereocenters. The van der Waals surface area contributed by atoms with Crippen molar-refractivity contribution < 1.29 is 19.1 Å². The third-order valence-electron chi connectivity index (χ3n) is 6.10. The Bertz CT molecular complexity index is 879. The number of carbonyl (C=O) groups excluding carboxylic acids is 2. The summed E-state index contributed by atoms with van der Waals surface area (Å²) in [6.45, 7) is 1.58. The molecule has 0 N–H and O–H groups in total. The average Bonchev–Trinajstić information content (AvgIpc) is 2.80. The number of piperidine rings is 1. The first-order valence-electron chi connectivity index (χ1n) is 10.6. The molecule has 30 heavy (non-hydrogen) atoms. The van der Waals surface area contributed by atoms with E-state index in [0.29, 0.717) is 32.5 Å². The molecule has 158 valence electrons. The summed E-state index contributed by atoms with van der Waals surface area (Å²) in [6.07, 6.45) is 7.95. The molecule has 1 aromatic carbocycles. The van der Waals surface area contributed by atoms with E-state index in [1.165, 1.54) is 5.56 Å². The molecule has 2 aliphatic heterocycles. The minimum atomic E-state index is -0.535. The number of amides is 1. The minimum Gasteiger partial charge on any atom is -0.490 e. The standard InChI is InChI=1S/C23H27N3O4/c27-21(20-24-12-5-13-25-20)26-14-10-23(11-15-26)9-4-3-7-18-6-1-2-8-19(18)29-16-17-30-22(23)28/h1-2,5-6,8,12-13H,3-4,7,9-11,14-17H2. The molecule has 0 radical (unpaired) electrons. The largest absolute Gasteiger partial charge is 0.490 e. The van der Waals surface area contributed by atoms with Crippen LogP contribution in [0.25, 0.3) is 0 Å². The zero-order valence-electron chi connectivity index (χ0n) is 17.1. The summed E-state index contributed by atoms with van der Waals surface area (Å²) in [5.74, 6) is 0.726. The number of hydrogen-bond acceptors (Lipinski definition) is 6. The Hall–Kier alpha value is -2.96. The average molecular weight is 409 g/mol. The first kappa shape index (κ1) is 20.3. The third kappa shape index (κ3) is 4.45. The molecule has 0 aliphatic carbocycles. The second-order valence-electron chi connectivity index (χ2n) is 7.94. The fourth-order valence-corrected chi connectivity index (χ4v) is 4.31. The quantitative estimate of drug-likeness (QED) is 0.674. The van der Waals surface area contributed by atoms with E-state index < -0.39 is 5.41 Å². The lowest BCUT2D eigenvalue weighted by atomic mass is 9.74. The summed E-state index contributed by atoms with van der Waals surface area (Å²) in [5.41, 5.74) is 0.661. The summed E-state index contributed by atoms with van der Waals surface area (Å²) < 4.78 is 11.4. The van der Waals surface area contributed by atoms with E-state index in [0.717, 1.165) is 31.4 Å². The zero-order valence-corrected chi connectivity index (χ0v) is 17.1. The summed E-state index contributed by atoms with van der Waals surface area (Å²) in [4.78, 5) is 35.5. The molecule has 2 aromatic rings. The van der Waals surface area contributed by atoms with E-state index in [2.05, 4.69) is 16.0 Å². The van der Waals surface area contributed by atoms with Gasteiger partial charge in [-0.15, -0.1) is 0 Å². The van der Waals surface area contributed by atoms with Gasteiger partial charge in [-0.1, -0.05) is 24.6 Å². The molecule has 7 nitrogen and oxygen atoms in total. The van der Waals surface area contributed by atoms with Crippen LogP contribution in [0.4, 0.5) is 0 Å². The molecule has 0 unspecified atom stereocenters. The summed E-state index contributed by atoms with van der Waals surface area (Å²) in [5, 5.41) is 0. The maximum Gasteiger partial charge on any atom is 0.312 e. The molecular formula is C23H27N3O4. The normalized spacial score (nSPS) is 19.6. The van der Waals surface area contributed by atoms with Gasteiger partial charge < -0.3 is 14.4 Å². The summed E-state index contributed by atoms with van der Waals surface area (Å²) >= 11 is 0. The van der Waals surface area contributed by atoms with Crippen LogP contribution in [0.1, 0.15) is 48.3 Å². The van der Waals surface area contributed by atoms with Crippen LogP contribution < -0.4 is 4.74 Å². The maximum absolute atomic E-state index is 13.0. The van der Waals surface area contributed by atoms with Crippen LogP contribution in [-0.4, -0.2) is 53.0 Å². The number of nitrogens with zero attached hydrogens (tertiary/aromatic N) is 3. The number of hydrogen-bond donors (Lipinski definition) is 0. The number of cyclic esters (lactones) is 1. The van der Waals surface area contributed by atoms with Gasteiger partial charge in [-0.3, -0.25) is 9.59 Å². The molecule has 4 rings (SSSR count). The van der Waals surface area contributed by atoms with Crippen LogP contribution in [0, 0.1) is 5.41 Å². The third-order valence-corrected chi connectivity index (χ3v) is 6.10. The minimum absolute atomic E-state index is 0.164. The van der Waals surface area contributed by atoms with Gasteiger partial charge in [0.05, 0.1) is 5.41 Å². The molecular weight excluding hydrogens is 382 g/mol. The Morgan fingerprint density at radius 3 is 2.47 bits per heavy atom. The topological polar surface area (TPSA) is 81.6 Å². The predicted octanol–water partition coefficient (Wildman–Crippen LogP) is 3.05. The first-order chi connectivity index (χ1) is 14.7. The number of rotatable bonds is 1. The highest BCUT2D eigenvalue weighted by Gasteiger charge is 2.43.